The van der Waals surface area contributed by atoms with Crippen molar-refractivity contribution in [2.75, 3.05) is 46.3 Å². The van der Waals surface area contributed by atoms with Crippen LogP contribution < -0.4 is 5.32 Å². The minimum atomic E-state index is 0.984. The van der Waals surface area contributed by atoms with E-state index in [4.69, 9.17) is 0 Å². The third-order valence-corrected chi connectivity index (χ3v) is 5.09. The Bertz CT molecular complexity index is 543. The van der Waals surface area contributed by atoms with Gasteiger partial charge in [0.25, 0.3) is 0 Å². The maximum atomic E-state index is 3.59. The summed E-state index contributed by atoms with van der Waals surface area (Å²) in [4.78, 5) is 4.96. The van der Waals surface area contributed by atoms with Crippen LogP contribution in [0.3, 0.4) is 0 Å². The van der Waals surface area contributed by atoms with Crippen molar-refractivity contribution in [1.82, 2.24) is 15.1 Å². The second kappa shape index (κ2) is 6.68. The van der Waals surface area contributed by atoms with Crippen molar-refractivity contribution < 1.29 is 0 Å². The molecule has 0 saturated carbocycles. The highest BCUT2D eigenvalue weighted by molar-refractivity contribution is 7.17. The lowest BCUT2D eigenvalue weighted by Crippen LogP contribution is -2.46. The van der Waals surface area contributed by atoms with Gasteiger partial charge in [0.1, 0.15) is 0 Å². The number of likely N-dealkylation sites (N-methyl/N-ethyl adjacent to an activating group) is 1. The molecule has 1 fully saturated rings. The van der Waals surface area contributed by atoms with Crippen molar-refractivity contribution >= 4 is 21.4 Å². The molecular weight excluding hydrogens is 266 g/mol. The van der Waals surface area contributed by atoms with E-state index in [1.54, 1.807) is 0 Å². The van der Waals surface area contributed by atoms with Crippen molar-refractivity contribution in [3.8, 4) is 0 Å². The molecule has 1 saturated heterocycles. The topological polar surface area (TPSA) is 18.5 Å². The Morgan fingerprint density at radius 3 is 2.80 bits per heavy atom. The molecule has 1 aromatic heterocycles. The maximum Gasteiger partial charge on any atom is 0.0346 e. The molecule has 1 aliphatic rings. The molecule has 0 amide bonds. The van der Waals surface area contributed by atoms with Gasteiger partial charge in [-0.1, -0.05) is 18.2 Å². The van der Waals surface area contributed by atoms with Gasteiger partial charge in [-0.25, -0.2) is 0 Å². The van der Waals surface area contributed by atoms with Gasteiger partial charge in [0.05, 0.1) is 0 Å². The number of hydrogen-bond acceptors (Lipinski definition) is 4. The summed E-state index contributed by atoms with van der Waals surface area (Å²) in [6.45, 7) is 8.05. The fourth-order valence-corrected chi connectivity index (χ4v) is 3.66. The van der Waals surface area contributed by atoms with Crippen molar-refractivity contribution in [3.63, 3.8) is 0 Å². The Morgan fingerprint density at radius 1 is 1.15 bits per heavy atom. The molecule has 1 N–H and O–H groups in total. The number of fused-ring (bicyclic) bond motifs is 1. The Hall–Kier alpha value is -0.940. The summed E-state index contributed by atoms with van der Waals surface area (Å²) in [5.74, 6) is 0. The maximum absolute atomic E-state index is 3.59. The zero-order chi connectivity index (χ0) is 13.8. The molecule has 0 bridgehead atoms. The quantitative estimate of drug-likeness (QED) is 0.852. The molecule has 3 nitrogen and oxygen atoms in total. The van der Waals surface area contributed by atoms with E-state index in [0.29, 0.717) is 0 Å². The highest BCUT2D eigenvalue weighted by Gasteiger charge is 2.12. The first kappa shape index (κ1) is 14.0. The molecule has 0 aliphatic carbocycles. The van der Waals surface area contributed by atoms with Crippen molar-refractivity contribution in [2.24, 2.45) is 0 Å². The van der Waals surface area contributed by atoms with Crippen molar-refractivity contribution in [3.05, 3.63) is 35.2 Å². The smallest absolute Gasteiger partial charge is 0.0346 e. The van der Waals surface area contributed by atoms with Crippen molar-refractivity contribution in [1.29, 1.82) is 0 Å². The molecule has 0 atom stereocenters. The Morgan fingerprint density at radius 2 is 1.95 bits per heavy atom. The number of benzene rings is 1. The summed E-state index contributed by atoms with van der Waals surface area (Å²) in [7, 11) is 2.21. The van der Waals surface area contributed by atoms with Crippen LogP contribution >= 0.6 is 11.3 Å². The van der Waals surface area contributed by atoms with Gasteiger partial charge in [-0.2, -0.15) is 0 Å². The zero-order valence-corrected chi connectivity index (χ0v) is 13.0. The molecule has 0 unspecified atom stereocenters. The SMILES string of the molecule is CN1CCN(CCNCc2csc3ccccc23)CC1. The fraction of sp³-hybridized carbons (Fsp3) is 0.500. The van der Waals surface area contributed by atoms with E-state index in [0.717, 1.165) is 19.6 Å². The van der Waals surface area contributed by atoms with Crippen LogP contribution in [0.2, 0.25) is 0 Å². The van der Waals surface area contributed by atoms with Crippen LogP contribution in [0.25, 0.3) is 10.1 Å². The van der Waals surface area contributed by atoms with E-state index in [1.807, 2.05) is 11.3 Å². The molecule has 2 aromatic rings. The second-order valence-electron chi connectivity index (χ2n) is 5.58. The lowest BCUT2D eigenvalue weighted by atomic mass is 10.2. The molecule has 1 aromatic carbocycles. The van der Waals surface area contributed by atoms with Gasteiger partial charge < -0.3 is 10.2 Å². The van der Waals surface area contributed by atoms with Crippen molar-refractivity contribution in [2.45, 2.75) is 6.54 Å². The minimum Gasteiger partial charge on any atom is -0.311 e. The molecule has 20 heavy (non-hydrogen) atoms. The van der Waals surface area contributed by atoms with Crippen LogP contribution in [-0.2, 0) is 6.54 Å². The van der Waals surface area contributed by atoms with E-state index >= 15 is 0 Å². The van der Waals surface area contributed by atoms with Gasteiger partial charge in [0.2, 0.25) is 0 Å². The van der Waals surface area contributed by atoms with Crippen LogP contribution in [0.1, 0.15) is 5.56 Å². The largest absolute Gasteiger partial charge is 0.311 e. The Kier molecular flexibility index (Phi) is 4.68. The Labute approximate surface area is 125 Å². The second-order valence-corrected chi connectivity index (χ2v) is 6.49. The summed E-state index contributed by atoms with van der Waals surface area (Å²) in [6.07, 6.45) is 0. The first-order valence-corrected chi connectivity index (χ1v) is 8.27. The predicted octanol–water partition coefficient (Wildman–Crippen LogP) is 2.24. The summed E-state index contributed by atoms with van der Waals surface area (Å²) in [6, 6.07) is 8.67. The average Bonchev–Trinajstić information content (AvgIpc) is 2.89. The molecule has 0 radical (unpaired) electrons. The molecule has 4 heteroatoms. The number of piperazine rings is 1. The molecule has 0 spiro atoms. The number of nitrogens with one attached hydrogen (secondary N) is 1. The summed E-state index contributed by atoms with van der Waals surface area (Å²) in [5.41, 5.74) is 1.43. The highest BCUT2D eigenvalue weighted by Crippen LogP contribution is 2.25. The van der Waals surface area contributed by atoms with E-state index in [1.165, 1.54) is 41.8 Å². The van der Waals surface area contributed by atoms with Gasteiger partial charge in [0.15, 0.2) is 0 Å². The third-order valence-electron chi connectivity index (χ3n) is 4.08. The number of thiophene rings is 1. The highest BCUT2D eigenvalue weighted by atomic mass is 32.1. The van der Waals surface area contributed by atoms with E-state index in [2.05, 4.69) is 51.8 Å². The van der Waals surface area contributed by atoms with E-state index in [-0.39, 0.29) is 0 Å². The van der Waals surface area contributed by atoms with Crippen LogP contribution in [0.5, 0.6) is 0 Å². The molecule has 2 heterocycles. The van der Waals surface area contributed by atoms with Gasteiger partial charge in [0, 0.05) is 50.5 Å². The Balaban J connectivity index is 1.44. The third kappa shape index (κ3) is 3.38. The standard InChI is InChI=1S/C16H23N3S/c1-18-8-10-19(11-9-18)7-6-17-12-14-13-20-16-5-3-2-4-15(14)16/h2-5,13,17H,6-12H2,1H3. The number of hydrogen-bond donors (Lipinski definition) is 1. The monoisotopic (exact) mass is 289 g/mol. The zero-order valence-electron chi connectivity index (χ0n) is 12.1. The molecular formula is C16H23N3S. The van der Waals surface area contributed by atoms with Gasteiger partial charge >= 0.3 is 0 Å². The summed E-state index contributed by atoms with van der Waals surface area (Å²) < 4.78 is 1.39. The molecule has 108 valence electrons. The van der Waals surface area contributed by atoms with E-state index in [9.17, 15) is 0 Å². The number of rotatable bonds is 5. The van der Waals surface area contributed by atoms with Crippen LogP contribution in [0.15, 0.2) is 29.6 Å². The molecule has 3 rings (SSSR count). The van der Waals surface area contributed by atoms with E-state index < -0.39 is 0 Å². The predicted molar refractivity (Wildman–Crippen MR) is 87.5 cm³/mol. The van der Waals surface area contributed by atoms with Gasteiger partial charge in [-0.15, -0.1) is 11.3 Å². The van der Waals surface area contributed by atoms with Crippen LogP contribution in [0.4, 0.5) is 0 Å². The van der Waals surface area contributed by atoms with Crippen LogP contribution in [0, 0.1) is 0 Å². The summed E-state index contributed by atoms with van der Waals surface area (Å²) >= 11 is 1.84. The first-order valence-electron chi connectivity index (χ1n) is 7.39. The minimum absolute atomic E-state index is 0.984. The lowest BCUT2D eigenvalue weighted by molar-refractivity contribution is 0.154. The first-order chi connectivity index (χ1) is 9.83. The van der Waals surface area contributed by atoms with Gasteiger partial charge in [-0.3, -0.25) is 4.90 Å². The van der Waals surface area contributed by atoms with Crippen LogP contribution in [-0.4, -0.2) is 56.1 Å². The number of nitrogens with zero attached hydrogens (tertiary/aromatic N) is 2. The average molecular weight is 289 g/mol. The lowest BCUT2D eigenvalue weighted by Gasteiger charge is -2.32. The van der Waals surface area contributed by atoms with Gasteiger partial charge in [-0.05, 0) is 29.4 Å². The summed E-state index contributed by atoms with van der Waals surface area (Å²) in [5, 5.41) is 7.28. The fourth-order valence-electron chi connectivity index (χ4n) is 2.70. The molecule has 1 aliphatic heterocycles. The normalized spacial score (nSPS) is 17.9.